The van der Waals surface area contributed by atoms with Crippen molar-refractivity contribution in [1.82, 2.24) is 4.90 Å². The standard InChI is InChI=1S/C20H23F3N2O/c1-5-25(4)13-24-18-11-14(2)17(10-15(18)3)12-16-8-6-7-9-19(16)26-20(21,22)23/h6-11,13H,5,12H2,1-4H3. The van der Waals surface area contributed by atoms with E-state index in [0.717, 1.165) is 28.9 Å². The van der Waals surface area contributed by atoms with Crippen molar-refractivity contribution in [3.8, 4) is 5.75 Å². The molecule has 0 aliphatic carbocycles. The fraction of sp³-hybridized carbons (Fsp3) is 0.350. The molecule has 0 amide bonds. The summed E-state index contributed by atoms with van der Waals surface area (Å²) < 4.78 is 41.9. The minimum atomic E-state index is -4.70. The van der Waals surface area contributed by atoms with Gasteiger partial charge in [0.1, 0.15) is 5.75 Å². The number of alkyl halides is 3. The smallest absolute Gasteiger partial charge is 0.405 e. The average Bonchev–Trinajstić information content (AvgIpc) is 2.56. The van der Waals surface area contributed by atoms with Crippen LogP contribution in [0.2, 0.25) is 0 Å². The molecule has 2 aromatic rings. The number of ether oxygens (including phenoxy) is 1. The van der Waals surface area contributed by atoms with Gasteiger partial charge in [-0.25, -0.2) is 4.99 Å². The Bertz CT molecular complexity index is 785. The third kappa shape index (κ3) is 5.51. The molecular weight excluding hydrogens is 341 g/mol. The molecule has 140 valence electrons. The Kier molecular flexibility index (Phi) is 6.29. The zero-order valence-electron chi connectivity index (χ0n) is 15.4. The lowest BCUT2D eigenvalue weighted by molar-refractivity contribution is -0.274. The van der Waals surface area contributed by atoms with Crippen molar-refractivity contribution in [2.75, 3.05) is 13.6 Å². The summed E-state index contributed by atoms with van der Waals surface area (Å²) >= 11 is 0. The minimum Gasteiger partial charge on any atom is -0.405 e. The first kappa shape index (κ1) is 19.8. The van der Waals surface area contributed by atoms with Crippen molar-refractivity contribution >= 4 is 12.0 Å². The Hall–Kier alpha value is -2.50. The van der Waals surface area contributed by atoms with Crippen LogP contribution in [0.1, 0.15) is 29.2 Å². The molecule has 0 unspecified atom stereocenters. The van der Waals surface area contributed by atoms with E-state index in [0.29, 0.717) is 12.0 Å². The maximum absolute atomic E-state index is 12.6. The first-order chi connectivity index (χ1) is 12.2. The Morgan fingerprint density at radius 3 is 2.42 bits per heavy atom. The topological polar surface area (TPSA) is 24.8 Å². The van der Waals surface area contributed by atoms with Crippen LogP contribution in [-0.4, -0.2) is 31.2 Å². The lowest BCUT2D eigenvalue weighted by atomic mass is 9.97. The number of hydrogen-bond acceptors (Lipinski definition) is 2. The second-order valence-electron chi connectivity index (χ2n) is 6.22. The van der Waals surface area contributed by atoms with Gasteiger partial charge in [0, 0.05) is 20.0 Å². The van der Waals surface area contributed by atoms with E-state index in [1.807, 2.05) is 44.9 Å². The van der Waals surface area contributed by atoms with E-state index in [4.69, 9.17) is 0 Å². The van der Waals surface area contributed by atoms with Crippen LogP contribution in [0.15, 0.2) is 41.4 Å². The van der Waals surface area contributed by atoms with Crippen molar-refractivity contribution in [3.63, 3.8) is 0 Å². The van der Waals surface area contributed by atoms with E-state index in [2.05, 4.69) is 9.73 Å². The molecule has 26 heavy (non-hydrogen) atoms. The highest BCUT2D eigenvalue weighted by atomic mass is 19.4. The first-order valence-electron chi connectivity index (χ1n) is 8.37. The van der Waals surface area contributed by atoms with Crippen LogP contribution in [-0.2, 0) is 6.42 Å². The predicted octanol–water partition coefficient (Wildman–Crippen LogP) is 5.40. The highest BCUT2D eigenvalue weighted by Crippen LogP contribution is 2.30. The molecule has 2 aromatic carbocycles. The van der Waals surface area contributed by atoms with Crippen LogP contribution < -0.4 is 4.74 Å². The van der Waals surface area contributed by atoms with Crippen molar-refractivity contribution in [1.29, 1.82) is 0 Å². The lowest BCUT2D eigenvalue weighted by Crippen LogP contribution is -2.18. The lowest BCUT2D eigenvalue weighted by Gasteiger charge is -2.15. The third-order valence-electron chi connectivity index (χ3n) is 4.13. The predicted molar refractivity (Wildman–Crippen MR) is 98.3 cm³/mol. The molecule has 0 heterocycles. The first-order valence-corrected chi connectivity index (χ1v) is 8.37. The van der Waals surface area contributed by atoms with E-state index in [1.54, 1.807) is 18.5 Å². The van der Waals surface area contributed by atoms with E-state index in [9.17, 15) is 13.2 Å². The average molecular weight is 364 g/mol. The van der Waals surface area contributed by atoms with Crippen LogP contribution in [0.3, 0.4) is 0 Å². The summed E-state index contributed by atoms with van der Waals surface area (Å²) in [6.07, 6.45) is -2.57. The summed E-state index contributed by atoms with van der Waals surface area (Å²) in [5, 5.41) is 0. The third-order valence-corrected chi connectivity index (χ3v) is 4.13. The van der Waals surface area contributed by atoms with Crippen molar-refractivity contribution in [2.24, 2.45) is 4.99 Å². The summed E-state index contributed by atoms with van der Waals surface area (Å²) in [5.41, 5.74) is 4.24. The molecule has 0 fully saturated rings. The van der Waals surface area contributed by atoms with Crippen LogP contribution in [0.5, 0.6) is 5.75 Å². The highest BCUT2D eigenvalue weighted by molar-refractivity contribution is 5.64. The molecule has 0 N–H and O–H groups in total. The number of aliphatic imine (C=N–C) groups is 1. The van der Waals surface area contributed by atoms with Gasteiger partial charge in [0.2, 0.25) is 0 Å². The van der Waals surface area contributed by atoms with Crippen molar-refractivity contribution in [3.05, 3.63) is 58.7 Å². The van der Waals surface area contributed by atoms with Crippen LogP contribution in [0.4, 0.5) is 18.9 Å². The summed E-state index contributed by atoms with van der Waals surface area (Å²) in [5.74, 6) is -0.163. The number of benzene rings is 2. The molecule has 0 bridgehead atoms. The summed E-state index contributed by atoms with van der Waals surface area (Å²) in [6.45, 7) is 6.77. The zero-order valence-corrected chi connectivity index (χ0v) is 15.4. The maximum atomic E-state index is 12.6. The Morgan fingerprint density at radius 2 is 1.77 bits per heavy atom. The van der Waals surface area contributed by atoms with Gasteiger partial charge in [-0.1, -0.05) is 24.3 Å². The Balaban J connectivity index is 2.29. The SMILES string of the molecule is CCN(C)C=Nc1cc(C)c(Cc2ccccc2OC(F)(F)F)cc1C. The summed E-state index contributed by atoms with van der Waals surface area (Å²) in [7, 11) is 1.94. The number of halogens is 3. The molecule has 0 saturated carbocycles. The fourth-order valence-electron chi connectivity index (χ4n) is 2.51. The normalized spacial score (nSPS) is 11.8. The van der Waals surface area contributed by atoms with Gasteiger partial charge >= 0.3 is 6.36 Å². The number of nitrogens with zero attached hydrogens (tertiary/aromatic N) is 2. The van der Waals surface area contributed by atoms with Gasteiger partial charge in [-0.05, 0) is 55.2 Å². The summed E-state index contributed by atoms with van der Waals surface area (Å²) in [4.78, 5) is 6.44. The van der Waals surface area contributed by atoms with E-state index < -0.39 is 6.36 Å². The molecule has 0 spiro atoms. The number of aryl methyl sites for hydroxylation is 2. The molecule has 3 nitrogen and oxygen atoms in total. The van der Waals surface area contributed by atoms with E-state index in [-0.39, 0.29) is 5.75 Å². The molecule has 0 radical (unpaired) electrons. The zero-order chi connectivity index (χ0) is 19.3. The molecule has 0 atom stereocenters. The van der Waals surface area contributed by atoms with Crippen LogP contribution in [0, 0.1) is 13.8 Å². The largest absolute Gasteiger partial charge is 0.573 e. The van der Waals surface area contributed by atoms with Crippen molar-refractivity contribution < 1.29 is 17.9 Å². The van der Waals surface area contributed by atoms with Gasteiger partial charge in [-0.2, -0.15) is 0 Å². The highest BCUT2D eigenvalue weighted by Gasteiger charge is 2.32. The number of rotatable bonds is 6. The van der Waals surface area contributed by atoms with Gasteiger partial charge in [0.15, 0.2) is 0 Å². The van der Waals surface area contributed by atoms with Gasteiger partial charge in [-0.3, -0.25) is 0 Å². The van der Waals surface area contributed by atoms with Gasteiger partial charge in [-0.15, -0.1) is 13.2 Å². The Labute approximate surface area is 152 Å². The molecule has 0 aromatic heterocycles. The summed E-state index contributed by atoms with van der Waals surface area (Å²) in [6, 6.07) is 10.2. The monoisotopic (exact) mass is 364 g/mol. The van der Waals surface area contributed by atoms with Crippen molar-refractivity contribution in [2.45, 2.75) is 33.6 Å². The van der Waals surface area contributed by atoms with E-state index >= 15 is 0 Å². The second kappa shape index (κ2) is 8.25. The minimum absolute atomic E-state index is 0.163. The molecule has 0 saturated heterocycles. The van der Waals surface area contributed by atoms with E-state index in [1.165, 1.54) is 12.1 Å². The number of hydrogen-bond donors (Lipinski definition) is 0. The van der Waals surface area contributed by atoms with Gasteiger partial charge in [0.05, 0.1) is 12.0 Å². The fourth-order valence-corrected chi connectivity index (χ4v) is 2.51. The molecule has 6 heteroatoms. The molecule has 0 aliphatic rings. The maximum Gasteiger partial charge on any atom is 0.573 e. The molecule has 2 rings (SSSR count). The second-order valence-corrected chi connectivity index (χ2v) is 6.22. The number of para-hydroxylation sites is 1. The van der Waals surface area contributed by atoms with Crippen LogP contribution >= 0.6 is 0 Å². The van der Waals surface area contributed by atoms with Crippen LogP contribution in [0.25, 0.3) is 0 Å². The van der Waals surface area contributed by atoms with Gasteiger partial charge in [0.25, 0.3) is 0 Å². The molecule has 0 aliphatic heterocycles. The van der Waals surface area contributed by atoms with Gasteiger partial charge < -0.3 is 9.64 Å². The Morgan fingerprint density at radius 1 is 1.08 bits per heavy atom. The molecular formula is C20H23F3N2O. The quantitative estimate of drug-likeness (QED) is 0.506.